The van der Waals surface area contributed by atoms with Gasteiger partial charge in [-0.2, -0.15) is 0 Å². The Balaban J connectivity index is 5.21. The van der Waals surface area contributed by atoms with Gasteiger partial charge in [0, 0.05) is 25.7 Å². The summed E-state index contributed by atoms with van der Waals surface area (Å²) >= 11 is 0. The molecule has 0 saturated heterocycles. The summed E-state index contributed by atoms with van der Waals surface area (Å²) in [6, 6.07) is 0. The highest BCUT2D eigenvalue weighted by atomic mass is 31.2. The third-order valence-electron chi connectivity index (χ3n) is 17.6. The first-order valence-electron chi connectivity index (χ1n) is 38.5. The maximum atomic E-state index is 13.1. The molecular weight excluding hydrogens is 1220 g/mol. The SMILES string of the molecule is CCCCCCCCCCCCCCCCCC(=O)OC[C@H](COP(=O)(O)OC[C@@H](O)COP(=O)(O)OC[C@@H](COC(=O)CCCCCCCCC)OC(=O)CCCCCCCCCCCCC(C)CC)OC(=O)CCCCCCCCCCCCCCCCC(C)C. The van der Waals surface area contributed by atoms with Crippen LogP contribution in [0.3, 0.4) is 0 Å². The lowest BCUT2D eigenvalue weighted by molar-refractivity contribution is -0.161. The van der Waals surface area contributed by atoms with Gasteiger partial charge >= 0.3 is 39.5 Å². The lowest BCUT2D eigenvalue weighted by Crippen LogP contribution is -2.30. The molecule has 0 amide bonds. The van der Waals surface area contributed by atoms with Crippen molar-refractivity contribution in [3.8, 4) is 0 Å². The first kappa shape index (κ1) is 91.1. The summed E-state index contributed by atoms with van der Waals surface area (Å²) in [5.74, 6) is -0.523. The quantitative estimate of drug-likeness (QED) is 0.0222. The molecule has 0 radical (unpaired) electrons. The Morgan fingerprint density at radius 2 is 0.548 bits per heavy atom. The normalized spacial score (nSPS) is 14.3. The molecule has 0 fully saturated rings. The van der Waals surface area contributed by atoms with Crippen molar-refractivity contribution >= 4 is 39.5 Å². The van der Waals surface area contributed by atoms with Crippen LogP contribution < -0.4 is 0 Å². The Labute approximate surface area is 568 Å². The molecule has 6 atom stereocenters. The highest BCUT2D eigenvalue weighted by molar-refractivity contribution is 7.47. The molecule has 0 bridgehead atoms. The van der Waals surface area contributed by atoms with Crippen LogP contribution in [-0.2, 0) is 65.4 Å². The number of aliphatic hydroxyl groups excluding tert-OH is 1. The minimum atomic E-state index is -4.95. The molecule has 0 spiro atoms. The number of hydrogen-bond donors (Lipinski definition) is 3. The fourth-order valence-corrected chi connectivity index (χ4v) is 12.8. The molecule has 552 valence electrons. The van der Waals surface area contributed by atoms with Crippen LogP contribution in [0.5, 0.6) is 0 Å². The summed E-state index contributed by atoms with van der Waals surface area (Å²) in [6.45, 7) is 9.59. The lowest BCUT2D eigenvalue weighted by atomic mass is 9.99. The minimum absolute atomic E-state index is 0.106. The van der Waals surface area contributed by atoms with Gasteiger partial charge in [-0.05, 0) is 37.5 Å². The Hall–Kier alpha value is -1.94. The van der Waals surface area contributed by atoms with E-state index in [4.69, 9.17) is 37.0 Å². The molecule has 17 nitrogen and oxygen atoms in total. The van der Waals surface area contributed by atoms with Crippen molar-refractivity contribution in [2.24, 2.45) is 11.8 Å². The number of ether oxygens (including phenoxy) is 4. The van der Waals surface area contributed by atoms with E-state index < -0.39 is 97.5 Å². The van der Waals surface area contributed by atoms with Crippen molar-refractivity contribution in [3.05, 3.63) is 0 Å². The molecule has 0 aliphatic rings. The first-order valence-corrected chi connectivity index (χ1v) is 41.5. The number of unbranched alkanes of at least 4 members (excludes halogenated alkanes) is 42. The number of carbonyl (C=O) groups excluding carboxylic acids is 4. The predicted molar refractivity (Wildman–Crippen MR) is 377 cm³/mol. The third-order valence-corrected chi connectivity index (χ3v) is 19.5. The van der Waals surface area contributed by atoms with Crippen LogP contribution in [0.15, 0.2) is 0 Å². The average molecular weight is 1370 g/mol. The molecule has 3 N–H and O–H groups in total. The maximum absolute atomic E-state index is 13.1. The minimum Gasteiger partial charge on any atom is -0.462 e. The van der Waals surface area contributed by atoms with Crippen molar-refractivity contribution in [1.82, 2.24) is 0 Å². The molecule has 93 heavy (non-hydrogen) atoms. The van der Waals surface area contributed by atoms with Crippen molar-refractivity contribution in [1.29, 1.82) is 0 Å². The van der Waals surface area contributed by atoms with Gasteiger partial charge in [0.25, 0.3) is 0 Å². The topological polar surface area (TPSA) is 237 Å². The number of aliphatic hydroxyl groups is 1. The van der Waals surface area contributed by atoms with Gasteiger partial charge in [0.15, 0.2) is 12.2 Å². The highest BCUT2D eigenvalue weighted by Crippen LogP contribution is 2.45. The lowest BCUT2D eigenvalue weighted by Gasteiger charge is -2.21. The van der Waals surface area contributed by atoms with Crippen LogP contribution in [0.25, 0.3) is 0 Å². The van der Waals surface area contributed by atoms with E-state index in [1.807, 2.05) is 0 Å². The Morgan fingerprint density at radius 1 is 0.312 bits per heavy atom. The molecule has 0 aromatic rings. The molecule has 0 aromatic carbocycles. The fraction of sp³-hybridized carbons (Fsp3) is 0.946. The molecule has 0 aliphatic heterocycles. The molecule has 0 saturated carbocycles. The van der Waals surface area contributed by atoms with E-state index in [9.17, 15) is 43.2 Å². The standard InChI is InChI=1S/C74H144O17P2/c1-7-10-12-14-16-17-18-19-20-24-27-33-39-45-51-57-72(77)85-63-70(91-73(78)58-52-46-40-34-28-25-22-21-23-26-31-37-42-48-54-66(4)5)65-89-93(82,83)87-61-68(75)60-86-92(80,81)88-64-69(62-84-71(76)56-50-44-36-15-13-11-8-2)90-74(79)59-53-47-41-35-30-29-32-38-43-49-55-67(6)9-3/h66-70,75H,7-65H2,1-6H3,(H,80,81)(H,82,83)/t67?,68-,69+,70+/m0/s1. The first-order chi connectivity index (χ1) is 44.9. The van der Waals surface area contributed by atoms with Gasteiger partial charge in [0.2, 0.25) is 0 Å². The van der Waals surface area contributed by atoms with Crippen LogP contribution in [0.1, 0.15) is 382 Å². The van der Waals surface area contributed by atoms with Crippen molar-refractivity contribution in [2.75, 3.05) is 39.6 Å². The van der Waals surface area contributed by atoms with Gasteiger partial charge < -0.3 is 33.8 Å². The van der Waals surface area contributed by atoms with E-state index in [1.165, 1.54) is 186 Å². The zero-order valence-electron chi connectivity index (χ0n) is 60.6. The van der Waals surface area contributed by atoms with Gasteiger partial charge in [-0.1, -0.05) is 330 Å². The largest absolute Gasteiger partial charge is 0.472 e. The predicted octanol–water partition coefficient (Wildman–Crippen LogP) is 21.6. The Kier molecular flexibility index (Phi) is 64.6. The van der Waals surface area contributed by atoms with Crippen molar-refractivity contribution in [2.45, 2.75) is 400 Å². The van der Waals surface area contributed by atoms with Crippen LogP contribution >= 0.6 is 15.6 Å². The number of esters is 4. The second-order valence-electron chi connectivity index (χ2n) is 27.4. The molecule has 0 heterocycles. The molecular formula is C74H144O17P2. The third kappa shape index (κ3) is 67.0. The second-order valence-corrected chi connectivity index (χ2v) is 30.3. The summed E-state index contributed by atoms with van der Waals surface area (Å²) in [5.41, 5.74) is 0. The number of rotatable bonds is 73. The van der Waals surface area contributed by atoms with E-state index in [2.05, 4.69) is 41.5 Å². The maximum Gasteiger partial charge on any atom is 0.472 e. The second kappa shape index (κ2) is 66.0. The van der Waals surface area contributed by atoms with Crippen molar-refractivity contribution in [3.63, 3.8) is 0 Å². The summed E-state index contributed by atoms with van der Waals surface area (Å²) in [6.07, 6.45) is 52.7. The average Bonchev–Trinajstić information content (AvgIpc) is 3.15. The van der Waals surface area contributed by atoms with Crippen LogP contribution in [-0.4, -0.2) is 96.7 Å². The van der Waals surface area contributed by atoms with E-state index in [1.54, 1.807) is 0 Å². The van der Waals surface area contributed by atoms with Crippen LogP contribution in [0.2, 0.25) is 0 Å². The summed E-state index contributed by atoms with van der Waals surface area (Å²) < 4.78 is 68.4. The number of phosphoric acid groups is 2. The van der Waals surface area contributed by atoms with Crippen LogP contribution in [0, 0.1) is 11.8 Å². The summed E-state index contributed by atoms with van der Waals surface area (Å²) in [7, 11) is -9.90. The monoisotopic (exact) mass is 1370 g/mol. The van der Waals surface area contributed by atoms with E-state index in [0.717, 1.165) is 115 Å². The van der Waals surface area contributed by atoms with Gasteiger partial charge in [-0.3, -0.25) is 37.3 Å². The molecule has 0 aromatic heterocycles. The summed E-state index contributed by atoms with van der Waals surface area (Å²) in [5, 5.41) is 10.6. The fourth-order valence-electron chi connectivity index (χ4n) is 11.3. The van der Waals surface area contributed by atoms with E-state index >= 15 is 0 Å². The van der Waals surface area contributed by atoms with Gasteiger partial charge in [0.05, 0.1) is 26.4 Å². The molecule has 3 unspecified atom stereocenters. The smallest absolute Gasteiger partial charge is 0.462 e. The number of carbonyl (C=O) groups is 4. The highest BCUT2D eigenvalue weighted by Gasteiger charge is 2.30. The number of phosphoric ester groups is 2. The van der Waals surface area contributed by atoms with Crippen molar-refractivity contribution < 1.29 is 80.2 Å². The van der Waals surface area contributed by atoms with E-state index in [0.29, 0.717) is 25.7 Å². The Bertz CT molecular complexity index is 1810. The van der Waals surface area contributed by atoms with Gasteiger partial charge in [-0.25, -0.2) is 9.13 Å². The molecule has 0 rings (SSSR count). The zero-order valence-corrected chi connectivity index (χ0v) is 62.3. The molecule has 0 aliphatic carbocycles. The zero-order chi connectivity index (χ0) is 68.6. The molecule has 19 heteroatoms. The van der Waals surface area contributed by atoms with Gasteiger partial charge in [0.1, 0.15) is 19.3 Å². The van der Waals surface area contributed by atoms with E-state index in [-0.39, 0.29) is 25.7 Å². The number of hydrogen-bond acceptors (Lipinski definition) is 15. The van der Waals surface area contributed by atoms with Gasteiger partial charge in [-0.15, -0.1) is 0 Å². The Morgan fingerprint density at radius 3 is 0.817 bits per heavy atom. The summed E-state index contributed by atoms with van der Waals surface area (Å²) in [4.78, 5) is 72.6. The van der Waals surface area contributed by atoms with Crippen LogP contribution in [0.4, 0.5) is 0 Å².